The average molecular weight is 512 g/mol. The number of para-hydroxylation sites is 2. The Hall–Kier alpha value is -4.10. The van der Waals surface area contributed by atoms with Crippen LogP contribution in [0.3, 0.4) is 0 Å². The highest BCUT2D eigenvalue weighted by Crippen LogP contribution is 2.28. The standard InChI is InChI=1S/C30H29N3O3S/c1-3-35-24-15-13-23(14-16-24)33-29(34)26(31-30(33)37)19-22-20-32(27-11-6-5-10-25(22)27)17-8-18-36-28-12-7-4-9-21(28)2/h4-7,9-16,19-20H,3,8,17-18H2,1-2H3,(H,31,37)/b26-19-. The van der Waals surface area contributed by atoms with Gasteiger partial charge in [0.1, 0.15) is 17.2 Å². The van der Waals surface area contributed by atoms with Gasteiger partial charge in [0.15, 0.2) is 5.11 Å². The fourth-order valence-corrected chi connectivity index (χ4v) is 4.79. The Kier molecular flexibility index (Phi) is 7.23. The maximum atomic E-state index is 13.3. The van der Waals surface area contributed by atoms with Gasteiger partial charge < -0.3 is 19.4 Å². The van der Waals surface area contributed by atoms with Crippen LogP contribution in [0.25, 0.3) is 17.0 Å². The molecule has 1 N–H and O–H groups in total. The highest BCUT2D eigenvalue weighted by atomic mass is 32.1. The van der Waals surface area contributed by atoms with Crippen LogP contribution in [-0.2, 0) is 11.3 Å². The molecule has 6 nitrogen and oxygen atoms in total. The van der Waals surface area contributed by atoms with Crippen molar-refractivity contribution in [3.8, 4) is 11.5 Å². The first-order valence-corrected chi connectivity index (χ1v) is 12.8. The summed E-state index contributed by atoms with van der Waals surface area (Å²) in [6.45, 7) is 5.99. The molecule has 2 heterocycles. The molecule has 1 saturated heterocycles. The van der Waals surface area contributed by atoms with Crippen LogP contribution in [-0.4, -0.2) is 28.8 Å². The topological polar surface area (TPSA) is 55.7 Å². The zero-order valence-corrected chi connectivity index (χ0v) is 21.8. The van der Waals surface area contributed by atoms with E-state index >= 15 is 0 Å². The molecule has 1 fully saturated rings. The number of anilines is 1. The second kappa shape index (κ2) is 10.9. The van der Waals surface area contributed by atoms with Crippen molar-refractivity contribution in [2.75, 3.05) is 18.1 Å². The molecule has 0 saturated carbocycles. The van der Waals surface area contributed by atoms with E-state index in [1.165, 1.54) is 4.90 Å². The second-order valence-corrected chi connectivity index (χ2v) is 9.20. The molecule has 4 aromatic rings. The third kappa shape index (κ3) is 5.22. The van der Waals surface area contributed by atoms with E-state index < -0.39 is 0 Å². The first kappa shape index (κ1) is 24.6. The number of amides is 1. The van der Waals surface area contributed by atoms with Gasteiger partial charge in [-0.2, -0.15) is 0 Å². The SMILES string of the molecule is CCOc1ccc(N2C(=O)/C(=C/c3cn(CCCOc4ccccc4C)c4ccccc34)NC2=S)cc1. The quantitative estimate of drug-likeness (QED) is 0.168. The molecule has 0 radical (unpaired) electrons. The summed E-state index contributed by atoms with van der Waals surface area (Å²) < 4.78 is 13.7. The number of hydrogen-bond acceptors (Lipinski definition) is 4. The predicted molar refractivity (Wildman–Crippen MR) is 152 cm³/mol. The maximum Gasteiger partial charge on any atom is 0.281 e. The van der Waals surface area contributed by atoms with E-state index in [1.807, 2.05) is 67.6 Å². The Labute approximate surface area is 222 Å². The van der Waals surface area contributed by atoms with Crippen molar-refractivity contribution >= 4 is 45.9 Å². The Morgan fingerprint density at radius 1 is 0.973 bits per heavy atom. The lowest BCUT2D eigenvalue weighted by atomic mass is 10.1. The van der Waals surface area contributed by atoms with Gasteiger partial charge in [0.2, 0.25) is 0 Å². The van der Waals surface area contributed by atoms with Crippen molar-refractivity contribution in [1.82, 2.24) is 9.88 Å². The van der Waals surface area contributed by atoms with Gasteiger partial charge in [-0.3, -0.25) is 9.69 Å². The molecule has 0 spiro atoms. The number of benzene rings is 3. The molecule has 0 unspecified atom stereocenters. The van der Waals surface area contributed by atoms with E-state index in [2.05, 4.69) is 41.2 Å². The van der Waals surface area contributed by atoms with E-state index in [4.69, 9.17) is 21.7 Å². The molecule has 1 aliphatic rings. The molecular weight excluding hydrogens is 482 g/mol. The first-order valence-electron chi connectivity index (χ1n) is 12.4. The van der Waals surface area contributed by atoms with Crippen LogP contribution in [0.1, 0.15) is 24.5 Å². The van der Waals surface area contributed by atoms with Crippen molar-refractivity contribution in [3.05, 3.63) is 95.8 Å². The average Bonchev–Trinajstić information content (AvgIpc) is 3.39. The number of fused-ring (bicyclic) bond motifs is 1. The monoisotopic (exact) mass is 511 g/mol. The van der Waals surface area contributed by atoms with Gasteiger partial charge in [-0.05, 0) is 80.5 Å². The minimum Gasteiger partial charge on any atom is -0.494 e. The number of nitrogens with zero attached hydrogens (tertiary/aromatic N) is 2. The molecule has 1 aliphatic heterocycles. The van der Waals surface area contributed by atoms with Gasteiger partial charge in [-0.1, -0.05) is 36.4 Å². The van der Waals surface area contributed by atoms with Gasteiger partial charge in [-0.15, -0.1) is 0 Å². The Bertz CT molecular complexity index is 1470. The number of nitrogens with one attached hydrogen (secondary N) is 1. The van der Waals surface area contributed by atoms with Gasteiger partial charge in [-0.25, -0.2) is 0 Å². The predicted octanol–water partition coefficient (Wildman–Crippen LogP) is 6.08. The normalized spacial score (nSPS) is 14.4. The number of aromatic nitrogens is 1. The molecule has 1 amide bonds. The molecule has 0 atom stereocenters. The van der Waals surface area contributed by atoms with Crippen LogP contribution in [0, 0.1) is 6.92 Å². The van der Waals surface area contributed by atoms with Crippen molar-refractivity contribution in [2.24, 2.45) is 0 Å². The number of ether oxygens (including phenoxy) is 2. The fourth-order valence-electron chi connectivity index (χ4n) is 4.49. The molecular formula is C30H29N3O3S. The van der Waals surface area contributed by atoms with Crippen molar-refractivity contribution in [1.29, 1.82) is 0 Å². The van der Waals surface area contributed by atoms with E-state index in [1.54, 1.807) is 0 Å². The third-order valence-electron chi connectivity index (χ3n) is 6.30. The number of carbonyl (C=O) groups excluding carboxylic acids is 1. The Balaban J connectivity index is 1.33. The molecule has 5 rings (SSSR count). The van der Waals surface area contributed by atoms with Crippen LogP contribution < -0.4 is 19.7 Å². The summed E-state index contributed by atoms with van der Waals surface area (Å²) >= 11 is 5.50. The number of aryl methyl sites for hydroxylation is 2. The zero-order valence-electron chi connectivity index (χ0n) is 20.9. The van der Waals surface area contributed by atoms with Crippen molar-refractivity contribution < 1.29 is 14.3 Å². The van der Waals surface area contributed by atoms with E-state index in [9.17, 15) is 4.79 Å². The summed E-state index contributed by atoms with van der Waals surface area (Å²) in [5.41, 5.74) is 4.35. The lowest BCUT2D eigenvalue weighted by molar-refractivity contribution is -0.113. The van der Waals surface area contributed by atoms with Crippen LogP contribution in [0.15, 0.2) is 84.7 Å². The largest absolute Gasteiger partial charge is 0.494 e. The smallest absolute Gasteiger partial charge is 0.281 e. The lowest BCUT2D eigenvalue weighted by Gasteiger charge is -2.14. The van der Waals surface area contributed by atoms with E-state index in [-0.39, 0.29) is 5.91 Å². The van der Waals surface area contributed by atoms with Gasteiger partial charge >= 0.3 is 0 Å². The summed E-state index contributed by atoms with van der Waals surface area (Å²) in [5, 5.41) is 4.54. The summed E-state index contributed by atoms with van der Waals surface area (Å²) in [6, 6.07) is 23.6. The summed E-state index contributed by atoms with van der Waals surface area (Å²) in [7, 11) is 0. The highest BCUT2D eigenvalue weighted by Gasteiger charge is 2.32. The molecule has 0 aliphatic carbocycles. The number of rotatable bonds is 9. The zero-order chi connectivity index (χ0) is 25.8. The molecule has 7 heteroatoms. The minimum absolute atomic E-state index is 0.183. The van der Waals surface area contributed by atoms with Crippen molar-refractivity contribution in [2.45, 2.75) is 26.8 Å². The number of thiocarbonyl (C=S) groups is 1. The van der Waals surface area contributed by atoms with Crippen LogP contribution in [0.4, 0.5) is 5.69 Å². The van der Waals surface area contributed by atoms with Crippen molar-refractivity contribution in [3.63, 3.8) is 0 Å². The van der Waals surface area contributed by atoms with Gasteiger partial charge in [0.25, 0.3) is 5.91 Å². The van der Waals surface area contributed by atoms with Crippen LogP contribution in [0.2, 0.25) is 0 Å². The summed E-state index contributed by atoms with van der Waals surface area (Å²) in [5.74, 6) is 1.49. The molecule has 3 aromatic carbocycles. The molecule has 1 aromatic heterocycles. The highest BCUT2D eigenvalue weighted by molar-refractivity contribution is 7.80. The Morgan fingerprint density at radius 2 is 1.73 bits per heavy atom. The lowest BCUT2D eigenvalue weighted by Crippen LogP contribution is -2.30. The molecule has 188 valence electrons. The van der Waals surface area contributed by atoms with E-state index in [0.717, 1.165) is 46.5 Å². The maximum absolute atomic E-state index is 13.3. The van der Waals surface area contributed by atoms with Crippen LogP contribution in [0.5, 0.6) is 11.5 Å². The summed E-state index contributed by atoms with van der Waals surface area (Å²) in [6.07, 6.45) is 4.82. The molecule has 0 bridgehead atoms. The fraction of sp³-hybridized carbons (Fsp3) is 0.200. The first-order chi connectivity index (χ1) is 18.0. The van der Waals surface area contributed by atoms with E-state index in [0.29, 0.717) is 29.7 Å². The number of hydrogen-bond donors (Lipinski definition) is 1. The van der Waals surface area contributed by atoms with Crippen LogP contribution >= 0.6 is 12.2 Å². The van der Waals surface area contributed by atoms with Gasteiger partial charge in [0.05, 0.1) is 18.9 Å². The third-order valence-corrected chi connectivity index (χ3v) is 6.58. The molecule has 37 heavy (non-hydrogen) atoms. The van der Waals surface area contributed by atoms with Gasteiger partial charge in [0, 0.05) is 29.2 Å². The minimum atomic E-state index is -0.183. The number of carbonyl (C=O) groups is 1. The Morgan fingerprint density at radius 3 is 2.51 bits per heavy atom. The second-order valence-electron chi connectivity index (χ2n) is 8.82. The summed E-state index contributed by atoms with van der Waals surface area (Å²) in [4.78, 5) is 14.8.